The van der Waals surface area contributed by atoms with Crippen LogP contribution in [-0.2, 0) is 28.5 Å². The molecule has 1 aliphatic carbocycles. The van der Waals surface area contributed by atoms with E-state index < -0.39 is 5.54 Å². The lowest BCUT2D eigenvalue weighted by Gasteiger charge is -2.30. The zero-order chi connectivity index (χ0) is 11.1. The molecule has 2 rings (SSSR count). The van der Waals surface area contributed by atoms with Gasteiger partial charge in [-0.05, 0) is 24.8 Å². The summed E-state index contributed by atoms with van der Waals surface area (Å²) in [5.74, 6) is -0.338. The average molecular weight is 208 g/mol. The molecular weight excluding hydrogens is 192 g/mol. The maximum Gasteiger partial charge on any atom is 0.330 e. The van der Waals surface area contributed by atoms with Crippen LogP contribution in [0.4, 0.5) is 0 Å². The van der Waals surface area contributed by atoms with Crippen molar-refractivity contribution in [1.82, 2.24) is 4.57 Å². The number of carbonyl (C=O) groups excluding carboxylic acids is 1. The summed E-state index contributed by atoms with van der Waals surface area (Å²) in [6, 6.07) is 0. The molecule has 1 aromatic heterocycles. The molecule has 0 spiro atoms. The lowest BCUT2D eigenvalue weighted by molar-refractivity contribution is -0.148. The predicted molar refractivity (Wildman–Crippen MR) is 56.2 cm³/mol. The van der Waals surface area contributed by atoms with Crippen molar-refractivity contribution < 1.29 is 9.53 Å². The van der Waals surface area contributed by atoms with E-state index in [0.717, 1.165) is 24.0 Å². The minimum absolute atomic E-state index is 0.338. The van der Waals surface area contributed by atoms with Crippen LogP contribution in [0.3, 0.4) is 0 Å². The van der Waals surface area contributed by atoms with Gasteiger partial charge in [-0.15, -0.1) is 0 Å². The van der Waals surface area contributed by atoms with Gasteiger partial charge in [-0.2, -0.15) is 0 Å². The van der Waals surface area contributed by atoms with E-state index >= 15 is 0 Å². The lowest BCUT2D eigenvalue weighted by Crippen LogP contribution is -2.47. The summed E-state index contributed by atoms with van der Waals surface area (Å²) in [6.07, 6.45) is 6.54. The minimum atomic E-state index is -0.941. The summed E-state index contributed by atoms with van der Waals surface area (Å²) in [5, 5.41) is 0. The number of aryl methyl sites for hydroxylation is 2. The smallest absolute Gasteiger partial charge is 0.330 e. The average Bonchev–Trinajstić information content (AvgIpc) is 2.59. The van der Waals surface area contributed by atoms with Gasteiger partial charge >= 0.3 is 5.97 Å². The van der Waals surface area contributed by atoms with Crippen LogP contribution < -0.4 is 5.73 Å². The van der Waals surface area contributed by atoms with E-state index in [9.17, 15) is 4.79 Å². The fraction of sp³-hybridized carbons (Fsp3) is 0.545. The van der Waals surface area contributed by atoms with E-state index in [1.165, 1.54) is 7.11 Å². The number of ether oxygens (including phenoxy) is 1. The van der Waals surface area contributed by atoms with E-state index in [0.29, 0.717) is 6.42 Å². The fourth-order valence-corrected chi connectivity index (χ4v) is 2.33. The van der Waals surface area contributed by atoms with Crippen LogP contribution in [-0.4, -0.2) is 17.6 Å². The number of methoxy groups -OCH3 is 1. The van der Waals surface area contributed by atoms with Crippen LogP contribution in [0.25, 0.3) is 0 Å². The van der Waals surface area contributed by atoms with E-state index in [1.54, 1.807) is 0 Å². The maximum atomic E-state index is 11.7. The lowest BCUT2D eigenvalue weighted by atomic mass is 9.79. The zero-order valence-electron chi connectivity index (χ0n) is 9.12. The molecule has 4 nitrogen and oxygen atoms in total. The normalized spacial score (nSPS) is 24.7. The second kappa shape index (κ2) is 3.38. The van der Waals surface area contributed by atoms with Gasteiger partial charge < -0.3 is 15.0 Å². The van der Waals surface area contributed by atoms with Crippen molar-refractivity contribution in [1.29, 1.82) is 0 Å². The molecule has 1 aliphatic rings. The molecule has 82 valence electrons. The van der Waals surface area contributed by atoms with Crippen molar-refractivity contribution in [2.45, 2.75) is 24.8 Å². The van der Waals surface area contributed by atoms with Gasteiger partial charge in [-0.25, -0.2) is 4.79 Å². The van der Waals surface area contributed by atoms with Gasteiger partial charge in [0.25, 0.3) is 0 Å². The standard InChI is InChI=1S/C11H16N2O2/c1-13-6-8-4-3-5-11(12,9(8)7-13)10(14)15-2/h6-7H,3-5,12H2,1-2H3. The first-order valence-electron chi connectivity index (χ1n) is 5.10. The van der Waals surface area contributed by atoms with E-state index in [1.807, 2.05) is 24.0 Å². The van der Waals surface area contributed by atoms with Gasteiger partial charge in [-0.3, -0.25) is 0 Å². The summed E-state index contributed by atoms with van der Waals surface area (Å²) < 4.78 is 6.73. The second-order valence-corrected chi connectivity index (χ2v) is 4.18. The number of esters is 1. The number of nitrogens with two attached hydrogens (primary N) is 1. The summed E-state index contributed by atoms with van der Waals surface area (Å²) in [7, 11) is 3.32. The Morgan fingerprint density at radius 2 is 2.33 bits per heavy atom. The Morgan fingerprint density at radius 3 is 3.00 bits per heavy atom. The number of hydrogen-bond donors (Lipinski definition) is 1. The zero-order valence-corrected chi connectivity index (χ0v) is 9.12. The number of carbonyl (C=O) groups is 1. The van der Waals surface area contributed by atoms with Gasteiger partial charge in [0.2, 0.25) is 0 Å². The van der Waals surface area contributed by atoms with Crippen molar-refractivity contribution in [3.8, 4) is 0 Å². The van der Waals surface area contributed by atoms with Crippen molar-refractivity contribution in [2.24, 2.45) is 12.8 Å². The molecule has 15 heavy (non-hydrogen) atoms. The first-order valence-corrected chi connectivity index (χ1v) is 5.10. The molecule has 0 aliphatic heterocycles. The maximum absolute atomic E-state index is 11.7. The second-order valence-electron chi connectivity index (χ2n) is 4.18. The molecule has 0 amide bonds. The number of fused-ring (bicyclic) bond motifs is 1. The number of rotatable bonds is 1. The Labute approximate surface area is 89.0 Å². The van der Waals surface area contributed by atoms with Gasteiger partial charge in [0.1, 0.15) is 5.54 Å². The third-order valence-corrected chi connectivity index (χ3v) is 3.09. The van der Waals surface area contributed by atoms with Crippen molar-refractivity contribution in [3.63, 3.8) is 0 Å². The van der Waals surface area contributed by atoms with Gasteiger partial charge in [0.15, 0.2) is 0 Å². The molecule has 0 bridgehead atoms. The summed E-state index contributed by atoms with van der Waals surface area (Å²) in [5.41, 5.74) is 7.29. The largest absolute Gasteiger partial charge is 0.467 e. The van der Waals surface area contributed by atoms with Crippen LogP contribution >= 0.6 is 0 Å². The summed E-state index contributed by atoms with van der Waals surface area (Å²) in [4.78, 5) is 11.7. The van der Waals surface area contributed by atoms with E-state index in [-0.39, 0.29) is 5.97 Å². The van der Waals surface area contributed by atoms with E-state index in [4.69, 9.17) is 10.5 Å². The van der Waals surface area contributed by atoms with Crippen LogP contribution in [0.5, 0.6) is 0 Å². The van der Waals surface area contributed by atoms with Crippen LogP contribution in [0, 0.1) is 0 Å². The molecule has 2 N–H and O–H groups in total. The van der Waals surface area contributed by atoms with Crippen LogP contribution in [0.1, 0.15) is 24.0 Å². The number of nitrogens with zero attached hydrogens (tertiary/aromatic N) is 1. The molecular formula is C11H16N2O2. The molecule has 0 radical (unpaired) electrons. The van der Waals surface area contributed by atoms with Crippen molar-refractivity contribution in [2.75, 3.05) is 7.11 Å². The highest BCUT2D eigenvalue weighted by Gasteiger charge is 2.41. The Morgan fingerprint density at radius 1 is 1.60 bits per heavy atom. The van der Waals surface area contributed by atoms with Gasteiger partial charge in [-0.1, -0.05) is 0 Å². The quantitative estimate of drug-likeness (QED) is 0.691. The third kappa shape index (κ3) is 1.45. The highest BCUT2D eigenvalue weighted by atomic mass is 16.5. The number of hydrogen-bond acceptors (Lipinski definition) is 3. The van der Waals surface area contributed by atoms with Crippen molar-refractivity contribution in [3.05, 3.63) is 23.5 Å². The fourth-order valence-electron chi connectivity index (χ4n) is 2.33. The van der Waals surface area contributed by atoms with E-state index in [2.05, 4.69) is 0 Å². The van der Waals surface area contributed by atoms with Gasteiger partial charge in [0.05, 0.1) is 7.11 Å². The molecule has 0 saturated heterocycles. The third-order valence-electron chi connectivity index (χ3n) is 3.09. The Balaban J connectivity index is 2.48. The highest BCUT2D eigenvalue weighted by molar-refractivity contribution is 5.83. The monoisotopic (exact) mass is 208 g/mol. The SMILES string of the molecule is COC(=O)C1(N)CCCc2cn(C)cc21. The Kier molecular flexibility index (Phi) is 2.31. The molecule has 0 fully saturated rings. The summed E-state index contributed by atoms with van der Waals surface area (Å²) >= 11 is 0. The Bertz CT molecular complexity index is 397. The molecule has 0 saturated carbocycles. The Hall–Kier alpha value is -1.29. The molecule has 1 atom stereocenters. The molecule has 1 heterocycles. The van der Waals surface area contributed by atoms with Crippen LogP contribution in [0.2, 0.25) is 0 Å². The first-order chi connectivity index (χ1) is 7.08. The molecule has 1 aromatic rings. The predicted octanol–water partition coefficient (Wildman–Crippen LogP) is 0.688. The highest BCUT2D eigenvalue weighted by Crippen LogP contribution is 2.34. The van der Waals surface area contributed by atoms with Crippen LogP contribution in [0.15, 0.2) is 12.4 Å². The minimum Gasteiger partial charge on any atom is -0.467 e. The molecule has 4 heteroatoms. The molecule has 0 aromatic carbocycles. The summed E-state index contributed by atoms with van der Waals surface area (Å²) in [6.45, 7) is 0. The number of aromatic nitrogens is 1. The first kappa shape index (κ1) is 10.2. The van der Waals surface area contributed by atoms with Gasteiger partial charge in [0, 0.05) is 25.0 Å². The topological polar surface area (TPSA) is 57.2 Å². The molecule has 1 unspecified atom stereocenters. The van der Waals surface area contributed by atoms with Crippen molar-refractivity contribution >= 4 is 5.97 Å².